The average Bonchev–Trinajstić information content (AvgIpc) is 1.27. The van der Waals surface area contributed by atoms with E-state index in [0.717, 1.165) is 5.57 Å². The monoisotopic (exact) mass is 100 g/mol. The van der Waals surface area contributed by atoms with Gasteiger partial charge in [0, 0.05) is 0 Å². The minimum Gasteiger partial charge on any atom is -0.389 e. The minimum atomic E-state index is -0.287. The molecule has 0 unspecified atom stereocenters. The van der Waals surface area contributed by atoms with Crippen molar-refractivity contribution in [2.24, 2.45) is 0 Å². The summed E-state index contributed by atoms with van der Waals surface area (Å²) in [5.74, 6) is 0. The lowest BCUT2D eigenvalue weighted by molar-refractivity contribution is 0.243. The van der Waals surface area contributed by atoms with Crippen LogP contribution in [0.25, 0.3) is 0 Å². The van der Waals surface area contributed by atoms with Gasteiger partial charge >= 0.3 is 0 Å². The molecule has 0 radical (unpaired) electrons. The maximum atomic E-state index is 8.65. The van der Waals surface area contributed by atoms with Crippen molar-refractivity contribution in [1.29, 1.82) is 0 Å². The van der Waals surface area contributed by atoms with E-state index in [0.29, 0.717) is 0 Å². The average molecular weight is 100 g/mol. The van der Waals surface area contributed by atoms with Crippen LogP contribution in [0, 0.1) is 0 Å². The highest BCUT2D eigenvalue weighted by Crippen LogP contribution is 1.90. The summed E-state index contributed by atoms with van der Waals surface area (Å²) in [4.78, 5) is 0. The quantitative estimate of drug-likeness (QED) is 0.493. The lowest BCUT2D eigenvalue weighted by Gasteiger charge is -1.92. The van der Waals surface area contributed by atoms with Gasteiger partial charge in [-0.15, -0.1) is 0 Å². The normalized spacial score (nSPS) is 13.1. The molecule has 1 nitrogen and oxygen atoms in total. The maximum Gasteiger partial charge on any atom is 0.0695 e. The Morgan fingerprint density at radius 1 is 1.57 bits per heavy atom. The second-order valence-corrected chi connectivity index (χ2v) is 1.98. The first-order valence-electron chi connectivity index (χ1n) is 2.46. The molecule has 0 aromatic heterocycles. The van der Waals surface area contributed by atoms with Crippen LogP contribution in [0.15, 0.2) is 11.6 Å². The Bertz CT molecular complexity index is 68.2. The largest absolute Gasteiger partial charge is 0.389 e. The standard InChI is InChI=1S/C6H12O/c1-5(2)4-6(3)7/h4,6-7H,1-3H3/t6-/m0/s1. The highest BCUT2D eigenvalue weighted by Gasteiger charge is 1.83. The Morgan fingerprint density at radius 2 is 2.00 bits per heavy atom. The summed E-state index contributed by atoms with van der Waals surface area (Å²) >= 11 is 0. The molecule has 0 fully saturated rings. The number of aliphatic hydroxyl groups excluding tert-OH is 1. The van der Waals surface area contributed by atoms with Crippen molar-refractivity contribution in [1.82, 2.24) is 0 Å². The van der Waals surface area contributed by atoms with Crippen LogP contribution in [0.1, 0.15) is 20.8 Å². The van der Waals surface area contributed by atoms with Gasteiger partial charge in [-0.2, -0.15) is 0 Å². The van der Waals surface area contributed by atoms with Crippen LogP contribution in [-0.2, 0) is 0 Å². The van der Waals surface area contributed by atoms with E-state index in [1.54, 1.807) is 13.0 Å². The Labute approximate surface area is 44.7 Å². The molecule has 1 heteroatoms. The molecule has 0 spiro atoms. The molecule has 0 aliphatic carbocycles. The van der Waals surface area contributed by atoms with Gasteiger partial charge in [0.2, 0.25) is 0 Å². The molecule has 1 N–H and O–H groups in total. The van der Waals surface area contributed by atoms with Gasteiger partial charge in [-0.3, -0.25) is 0 Å². The third kappa shape index (κ3) is 5.70. The van der Waals surface area contributed by atoms with Crippen molar-refractivity contribution in [2.75, 3.05) is 0 Å². The highest BCUT2D eigenvalue weighted by atomic mass is 16.3. The van der Waals surface area contributed by atoms with Crippen molar-refractivity contribution in [3.63, 3.8) is 0 Å². The van der Waals surface area contributed by atoms with Gasteiger partial charge in [-0.25, -0.2) is 0 Å². The van der Waals surface area contributed by atoms with E-state index >= 15 is 0 Å². The molecule has 42 valence electrons. The number of hydrogen-bond acceptors (Lipinski definition) is 1. The van der Waals surface area contributed by atoms with Gasteiger partial charge in [0.25, 0.3) is 0 Å². The lowest BCUT2D eigenvalue weighted by atomic mass is 10.2. The number of aliphatic hydroxyl groups is 1. The molecule has 7 heavy (non-hydrogen) atoms. The fourth-order valence-corrected chi connectivity index (χ4v) is 0.482. The second-order valence-electron chi connectivity index (χ2n) is 1.98. The van der Waals surface area contributed by atoms with E-state index < -0.39 is 0 Å². The molecule has 0 rings (SSSR count). The van der Waals surface area contributed by atoms with E-state index in [-0.39, 0.29) is 6.10 Å². The van der Waals surface area contributed by atoms with Gasteiger partial charge in [0.05, 0.1) is 6.10 Å². The first kappa shape index (κ1) is 6.70. The van der Waals surface area contributed by atoms with Gasteiger partial charge in [0.1, 0.15) is 0 Å². The molecule has 0 aliphatic rings. The summed E-state index contributed by atoms with van der Waals surface area (Å²) in [6.45, 7) is 5.67. The molecule has 0 amide bonds. The first-order chi connectivity index (χ1) is 3.13. The summed E-state index contributed by atoms with van der Waals surface area (Å²) in [7, 11) is 0. The van der Waals surface area contributed by atoms with E-state index in [2.05, 4.69) is 0 Å². The zero-order chi connectivity index (χ0) is 5.86. The van der Waals surface area contributed by atoms with Gasteiger partial charge in [-0.05, 0) is 20.8 Å². The zero-order valence-corrected chi connectivity index (χ0v) is 5.10. The molecule has 1 atom stereocenters. The van der Waals surface area contributed by atoms with E-state index in [9.17, 15) is 0 Å². The van der Waals surface area contributed by atoms with E-state index in [1.807, 2.05) is 13.8 Å². The molecule has 0 aromatic rings. The third-order valence-corrected chi connectivity index (χ3v) is 0.575. The third-order valence-electron chi connectivity index (χ3n) is 0.575. The fourth-order valence-electron chi connectivity index (χ4n) is 0.482. The Hall–Kier alpha value is -0.300. The van der Waals surface area contributed by atoms with Crippen LogP contribution in [0.4, 0.5) is 0 Å². The van der Waals surface area contributed by atoms with Crippen molar-refractivity contribution < 1.29 is 5.11 Å². The first-order valence-corrected chi connectivity index (χ1v) is 2.46. The summed E-state index contributed by atoms with van der Waals surface area (Å²) in [6.07, 6.45) is 1.52. The Balaban J connectivity index is 3.45. The number of allylic oxidation sites excluding steroid dienone is 1. The topological polar surface area (TPSA) is 20.2 Å². The van der Waals surface area contributed by atoms with Crippen LogP contribution in [-0.4, -0.2) is 11.2 Å². The minimum absolute atomic E-state index is 0.287. The van der Waals surface area contributed by atoms with Crippen molar-refractivity contribution in [3.05, 3.63) is 11.6 Å². The highest BCUT2D eigenvalue weighted by molar-refractivity contribution is 4.95. The maximum absolute atomic E-state index is 8.65. The predicted octanol–water partition coefficient (Wildman–Crippen LogP) is 1.33. The molecule has 0 aromatic carbocycles. The SMILES string of the molecule is CC(C)=C[C@H](C)O. The Morgan fingerprint density at radius 3 is 2.00 bits per heavy atom. The summed E-state index contributed by atoms with van der Waals surface area (Å²) in [5, 5.41) is 8.65. The van der Waals surface area contributed by atoms with Crippen LogP contribution in [0.3, 0.4) is 0 Å². The molecule has 0 heterocycles. The molecule has 0 saturated heterocycles. The van der Waals surface area contributed by atoms with Crippen molar-refractivity contribution in [3.8, 4) is 0 Å². The van der Waals surface area contributed by atoms with Gasteiger partial charge in [-0.1, -0.05) is 11.6 Å². The van der Waals surface area contributed by atoms with Gasteiger partial charge < -0.3 is 5.11 Å². The molecular formula is C6H12O. The van der Waals surface area contributed by atoms with E-state index in [4.69, 9.17) is 5.11 Å². The Kier molecular flexibility index (Phi) is 2.68. The van der Waals surface area contributed by atoms with Crippen molar-refractivity contribution in [2.45, 2.75) is 26.9 Å². The van der Waals surface area contributed by atoms with Gasteiger partial charge in [0.15, 0.2) is 0 Å². The summed E-state index contributed by atoms with van der Waals surface area (Å²) < 4.78 is 0. The molecular weight excluding hydrogens is 88.1 g/mol. The lowest BCUT2D eigenvalue weighted by Crippen LogP contribution is -1.92. The van der Waals surface area contributed by atoms with Crippen LogP contribution in [0.5, 0.6) is 0 Å². The number of hydrogen-bond donors (Lipinski definition) is 1. The summed E-state index contributed by atoms with van der Waals surface area (Å²) in [5.41, 5.74) is 1.16. The van der Waals surface area contributed by atoms with E-state index in [1.165, 1.54) is 0 Å². The van der Waals surface area contributed by atoms with Crippen LogP contribution >= 0.6 is 0 Å². The predicted molar refractivity (Wildman–Crippen MR) is 31.1 cm³/mol. The molecule has 0 bridgehead atoms. The smallest absolute Gasteiger partial charge is 0.0695 e. The molecule has 0 saturated carbocycles. The van der Waals surface area contributed by atoms with Crippen LogP contribution in [0.2, 0.25) is 0 Å². The summed E-state index contributed by atoms with van der Waals surface area (Å²) in [6, 6.07) is 0. The van der Waals surface area contributed by atoms with Crippen molar-refractivity contribution >= 4 is 0 Å². The zero-order valence-electron chi connectivity index (χ0n) is 5.10. The fraction of sp³-hybridized carbons (Fsp3) is 0.667. The number of rotatable bonds is 1. The van der Waals surface area contributed by atoms with Crippen LogP contribution < -0.4 is 0 Å². The second kappa shape index (κ2) is 2.80. The molecule has 0 aliphatic heterocycles.